The Bertz CT molecular complexity index is 1050. The molecular weight excluding hydrogens is 421 g/mol. The number of aromatic nitrogens is 2. The molecule has 1 aliphatic carbocycles. The summed E-state index contributed by atoms with van der Waals surface area (Å²) in [6.45, 7) is 3.70. The van der Waals surface area contributed by atoms with Gasteiger partial charge >= 0.3 is 6.18 Å². The SMILES string of the molecule is C=C(C(N)=O)N1C=NC(c2ccnc(C(F)(F)F)c2)(C2CC2)N1c1cncc(Cl)c1. The average molecular weight is 437 g/mol. The van der Waals surface area contributed by atoms with E-state index in [9.17, 15) is 18.0 Å². The van der Waals surface area contributed by atoms with Crippen molar-refractivity contribution in [3.8, 4) is 0 Å². The van der Waals surface area contributed by atoms with Crippen molar-refractivity contribution in [1.29, 1.82) is 0 Å². The number of primary amides is 1. The van der Waals surface area contributed by atoms with Crippen molar-refractivity contribution in [1.82, 2.24) is 15.0 Å². The zero-order chi connectivity index (χ0) is 21.7. The number of alkyl halides is 3. The molecule has 2 aliphatic rings. The first kappa shape index (κ1) is 20.1. The van der Waals surface area contributed by atoms with Gasteiger partial charge in [-0.05, 0) is 31.0 Å². The summed E-state index contributed by atoms with van der Waals surface area (Å²) in [6.07, 6.45) is 2.15. The number of pyridine rings is 2. The van der Waals surface area contributed by atoms with Crippen molar-refractivity contribution in [2.45, 2.75) is 24.7 Å². The third kappa shape index (κ3) is 3.26. The van der Waals surface area contributed by atoms with E-state index in [1.807, 2.05) is 0 Å². The standard InChI is InChI=1S/C19H16ClF3N6O/c1-11(17(24)30)28-10-27-18(12-2-3-12,29(28)15-7-14(20)8-25-9-15)13-4-5-26-16(6-13)19(21,22)23/h4-10,12H,1-3H2,(H2,24,30). The Morgan fingerprint density at radius 3 is 2.63 bits per heavy atom. The first-order valence-corrected chi connectivity index (χ1v) is 9.30. The second-order valence-corrected chi connectivity index (χ2v) is 7.44. The number of carbonyl (C=O) groups excluding carboxylic acids is 1. The lowest BCUT2D eigenvalue weighted by Gasteiger charge is -2.42. The Hall–Kier alpha value is -3.14. The zero-order valence-corrected chi connectivity index (χ0v) is 16.2. The monoisotopic (exact) mass is 436 g/mol. The van der Waals surface area contributed by atoms with Gasteiger partial charge in [0.05, 0.1) is 16.9 Å². The van der Waals surface area contributed by atoms with Crippen LogP contribution in [-0.2, 0) is 16.6 Å². The molecule has 0 saturated heterocycles. The van der Waals surface area contributed by atoms with E-state index >= 15 is 0 Å². The molecule has 4 rings (SSSR count). The maximum absolute atomic E-state index is 13.4. The second kappa shape index (κ2) is 6.98. The van der Waals surface area contributed by atoms with Gasteiger partial charge in [-0.15, -0.1) is 0 Å². The average Bonchev–Trinajstić information content (AvgIpc) is 3.47. The first-order chi connectivity index (χ1) is 14.1. The van der Waals surface area contributed by atoms with Crippen molar-refractivity contribution in [2.75, 3.05) is 5.01 Å². The molecule has 2 N–H and O–H groups in total. The molecule has 2 aromatic heterocycles. The number of halogens is 4. The molecule has 30 heavy (non-hydrogen) atoms. The largest absolute Gasteiger partial charge is 0.433 e. The third-order valence-electron chi connectivity index (χ3n) is 5.02. The van der Waals surface area contributed by atoms with E-state index in [0.717, 1.165) is 25.1 Å². The smallest absolute Gasteiger partial charge is 0.364 e. The molecule has 156 valence electrons. The van der Waals surface area contributed by atoms with E-state index in [-0.39, 0.29) is 17.2 Å². The van der Waals surface area contributed by atoms with Gasteiger partial charge in [-0.1, -0.05) is 18.2 Å². The molecule has 1 fully saturated rings. The van der Waals surface area contributed by atoms with Crippen LogP contribution in [0.5, 0.6) is 0 Å². The van der Waals surface area contributed by atoms with Crippen molar-refractivity contribution in [3.63, 3.8) is 0 Å². The van der Waals surface area contributed by atoms with E-state index in [4.69, 9.17) is 17.3 Å². The molecule has 0 spiro atoms. The van der Waals surface area contributed by atoms with E-state index in [1.165, 1.54) is 29.8 Å². The number of hydrazine groups is 1. The van der Waals surface area contributed by atoms with E-state index in [2.05, 4.69) is 21.5 Å². The van der Waals surface area contributed by atoms with Gasteiger partial charge in [-0.2, -0.15) is 13.2 Å². The highest BCUT2D eigenvalue weighted by molar-refractivity contribution is 6.30. The molecule has 1 saturated carbocycles. The molecule has 11 heteroatoms. The maximum Gasteiger partial charge on any atom is 0.433 e. The van der Waals surface area contributed by atoms with Crippen LogP contribution in [0.15, 0.2) is 54.1 Å². The highest BCUT2D eigenvalue weighted by Crippen LogP contribution is 2.54. The van der Waals surface area contributed by atoms with Crippen molar-refractivity contribution >= 4 is 29.5 Å². The predicted octanol–water partition coefficient (Wildman–Crippen LogP) is 3.48. The van der Waals surface area contributed by atoms with Crippen molar-refractivity contribution in [3.05, 3.63) is 65.3 Å². The zero-order valence-electron chi connectivity index (χ0n) is 15.5. The molecule has 0 aromatic carbocycles. The predicted molar refractivity (Wildman–Crippen MR) is 104 cm³/mol. The highest BCUT2D eigenvalue weighted by Gasteiger charge is 2.56. The normalized spacial score (nSPS) is 21.2. The summed E-state index contributed by atoms with van der Waals surface area (Å²) in [5.74, 6) is -0.930. The number of aliphatic imine (C=N–C) groups is 1. The molecule has 2 aromatic rings. The Morgan fingerprint density at radius 2 is 2.03 bits per heavy atom. The number of nitrogens with two attached hydrogens (primary N) is 1. The first-order valence-electron chi connectivity index (χ1n) is 8.92. The van der Waals surface area contributed by atoms with Gasteiger partial charge < -0.3 is 5.73 Å². The topological polar surface area (TPSA) is 87.7 Å². The number of carbonyl (C=O) groups is 1. The number of hydrogen-bond acceptors (Lipinski definition) is 6. The summed E-state index contributed by atoms with van der Waals surface area (Å²) in [4.78, 5) is 24.0. The lowest BCUT2D eigenvalue weighted by molar-refractivity contribution is -0.141. The Morgan fingerprint density at radius 1 is 1.30 bits per heavy atom. The summed E-state index contributed by atoms with van der Waals surface area (Å²) < 4.78 is 40.1. The summed E-state index contributed by atoms with van der Waals surface area (Å²) in [6, 6.07) is 4.02. The minimum Gasteiger partial charge on any atom is -0.364 e. The number of rotatable bonds is 5. The number of anilines is 1. The van der Waals surface area contributed by atoms with Gasteiger partial charge in [-0.3, -0.25) is 14.8 Å². The fraction of sp³-hybridized carbons (Fsp3) is 0.263. The molecule has 7 nitrogen and oxygen atoms in total. The van der Waals surface area contributed by atoms with E-state index in [0.29, 0.717) is 10.7 Å². The minimum absolute atomic E-state index is 0.105. The van der Waals surface area contributed by atoms with Crippen LogP contribution in [0.2, 0.25) is 5.02 Å². The van der Waals surface area contributed by atoms with Crippen molar-refractivity contribution < 1.29 is 18.0 Å². The second-order valence-electron chi connectivity index (χ2n) is 7.00. The molecule has 1 unspecified atom stereocenters. The van der Waals surface area contributed by atoms with Crippen molar-refractivity contribution in [2.24, 2.45) is 16.6 Å². The lowest BCUT2D eigenvalue weighted by atomic mass is 9.93. The van der Waals surface area contributed by atoms with E-state index in [1.54, 1.807) is 11.1 Å². The van der Waals surface area contributed by atoms with Gasteiger partial charge in [0.25, 0.3) is 5.91 Å². The molecule has 1 aliphatic heterocycles. The molecular formula is C19H16ClF3N6O. The number of hydrogen-bond donors (Lipinski definition) is 1. The van der Waals surface area contributed by atoms with Gasteiger partial charge in [-0.25, -0.2) is 15.0 Å². The maximum atomic E-state index is 13.4. The molecule has 0 radical (unpaired) electrons. The number of nitrogens with zero attached hydrogens (tertiary/aromatic N) is 5. The van der Waals surface area contributed by atoms with Crippen LogP contribution in [0.25, 0.3) is 0 Å². The summed E-state index contributed by atoms with van der Waals surface area (Å²) in [5, 5.41) is 3.19. The Kier molecular flexibility index (Phi) is 4.69. The van der Waals surface area contributed by atoms with E-state index < -0.39 is 23.4 Å². The quantitative estimate of drug-likeness (QED) is 0.725. The van der Waals surface area contributed by atoms with Gasteiger partial charge in [0, 0.05) is 23.9 Å². The minimum atomic E-state index is -4.62. The van der Waals surface area contributed by atoms with Crippen LogP contribution in [0.3, 0.4) is 0 Å². The lowest BCUT2D eigenvalue weighted by Crippen LogP contribution is -2.52. The number of amides is 1. The Balaban J connectivity index is 1.93. The van der Waals surface area contributed by atoms with Crippen LogP contribution in [0, 0.1) is 5.92 Å². The van der Waals surface area contributed by atoms with Crippen LogP contribution in [0.1, 0.15) is 24.1 Å². The fourth-order valence-corrected chi connectivity index (χ4v) is 3.73. The van der Waals surface area contributed by atoms with Crippen LogP contribution in [0.4, 0.5) is 18.9 Å². The fourth-order valence-electron chi connectivity index (χ4n) is 3.57. The van der Waals surface area contributed by atoms with Gasteiger partial charge in [0.15, 0.2) is 5.66 Å². The summed E-state index contributed by atoms with van der Waals surface area (Å²) in [5.41, 5.74) is 3.69. The third-order valence-corrected chi connectivity index (χ3v) is 5.23. The highest BCUT2D eigenvalue weighted by atomic mass is 35.5. The molecule has 1 atom stereocenters. The van der Waals surface area contributed by atoms with Gasteiger partial charge in [0.1, 0.15) is 17.7 Å². The summed E-state index contributed by atoms with van der Waals surface area (Å²) >= 11 is 6.11. The van der Waals surface area contributed by atoms with Crippen LogP contribution >= 0.6 is 11.6 Å². The van der Waals surface area contributed by atoms with Crippen LogP contribution in [-0.4, -0.2) is 27.2 Å². The van der Waals surface area contributed by atoms with Crippen LogP contribution < -0.4 is 10.7 Å². The molecule has 0 bridgehead atoms. The van der Waals surface area contributed by atoms with Gasteiger partial charge in [0.2, 0.25) is 0 Å². The Labute approximate surface area is 174 Å². The summed E-state index contributed by atoms with van der Waals surface area (Å²) in [7, 11) is 0. The molecule has 1 amide bonds. The molecule has 3 heterocycles.